The highest BCUT2D eigenvalue weighted by Gasteiger charge is 2.23. The van der Waals surface area contributed by atoms with E-state index in [1.807, 2.05) is 0 Å². The van der Waals surface area contributed by atoms with Gasteiger partial charge in [0.2, 0.25) is 0 Å². The number of hydrogen-bond acceptors (Lipinski definition) is 5. The predicted molar refractivity (Wildman–Crippen MR) is 35.8 cm³/mol. The van der Waals surface area contributed by atoms with Gasteiger partial charge in [-0.25, -0.2) is 0 Å². The van der Waals surface area contributed by atoms with Gasteiger partial charge in [0, 0.05) is 6.42 Å². The molecule has 66 valence electrons. The van der Waals surface area contributed by atoms with Crippen molar-refractivity contribution in [1.29, 1.82) is 0 Å². The first-order chi connectivity index (χ1) is 5.13. The molecule has 11 heavy (non-hydrogen) atoms. The summed E-state index contributed by atoms with van der Waals surface area (Å²) in [6.45, 7) is -0.642. The SMILES string of the molecule is O=CC[C@H](O)[C@@H](O)[C@H](O)CO. The number of aliphatic hydroxyl groups is 4. The molecule has 5 heteroatoms. The van der Waals surface area contributed by atoms with E-state index in [1.54, 1.807) is 0 Å². The molecule has 0 radical (unpaired) electrons. The van der Waals surface area contributed by atoms with Gasteiger partial charge in [-0.2, -0.15) is 0 Å². The van der Waals surface area contributed by atoms with Crippen molar-refractivity contribution in [2.45, 2.75) is 24.7 Å². The van der Waals surface area contributed by atoms with Crippen LogP contribution in [0, 0.1) is 0 Å². The fraction of sp³-hybridized carbons (Fsp3) is 0.833. The molecule has 5 nitrogen and oxygen atoms in total. The lowest BCUT2D eigenvalue weighted by atomic mass is 10.1. The van der Waals surface area contributed by atoms with E-state index in [2.05, 4.69) is 0 Å². The summed E-state index contributed by atoms with van der Waals surface area (Å²) >= 11 is 0. The minimum absolute atomic E-state index is 0.252. The molecule has 0 aliphatic carbocycles. The van der Waals surface area contributed by atoms with Crippen LogP contribution in [0.4, 0.5) is 0 Å². The van der Waals surface area contributed by atoms with Gasteiger partial charge in [-0.1, -0.05) is 0 Å². The van der Waals surface area contributed by atoms with Crippen molar-refractivity contribution in [3.05, 3.63) is 0 Å². The number of rotatable bonds is 5. The molecule has 4 N–H and O–H groups in total. The van der Waals surface area contributed by atoms with Gasteiger partial charge < -0.3 is 25.2 Å². The van der Waals surface area contributed by atoms with E-state index in [-0.39, 0.29) is 6.42 Å². The first-order valence-corrected chi connectivity index (χ1v) is 3.22. The maximum Gasteiger partial charge on any atom is 0.122 e. The molecule has 0 heterocycles. The largest absolute Gasteiger partial charge is 0.394 e. The minimum Gasteiger partial charge on any atom is -0.394 e. The van der Waals surface area contributed by atoms with Gasteiger partial charge in [-0.15, -0.1) is 0 Å². The summed E-state index contributed by atoms with van der Waals surface area (Å²) in [5, 5.41) is 34.8. The Morgan fingerprint density at radius 1 is 1.18 bits per heavy atom. The quantitative estimate of drug-likeness (QED) is 0.341. The van der Waals surface area contributed by atoms with Gasteiger partial charge in [-0.3, -0.25) is 0 Å². The van der Waals surface area contributed by atoms with E-state index < -0.39 is 24.9 Å². The normalized spacial score (nSPS) is 18.9. The summed E-state index contributed by atoms with van der Waals surface area (Å²) in [5.41, 5.74) is 0. The molecule has 0 saturated carbocycles. The van der Waals surface area contributed by atoms with Crippen molar-refractivity contribution in [2.75, 3.05) is 6.61 Å². The van der Waals surface area contributed by atoms with Crippen molar-refractivity contribution in [3.63, 3.8) is 0 Å². The molecule has 0 aromatic heterocycles. The minimum atomic E-state index is -1.47. The fourth-order valence-corrected chi connectivity index (χ4v) is 0.602. The first-order valence-electron chi connectivity index (χ1n) is 3.22. The first kappa shape index (κ1) is 10.5. The zero-order chi connectivity index (χ0) is 8.85. The topological polar surface area (TPSA) is 98.0 Å². The van der Waals surface area contributed by atoms with Crippen LogP contribution < -0.4 is 0 Å². The summed E-state index contributed by atoms with van der Waals surface area (Å²) in [6.07, 6.45) is -4.00. The third kappa shape index (κ3) is 3.43. The lowest BCUT2D eigenvalue weighted by Gasteiger charge is -2.19. The molecule has 0 saturated heterocycles. The third-order valence-electron chi connectivity index (χ3n) is 1.31. The second-order valence-corrected chi connectivity index (χ2v) is 2.21. The third-order valence-corrected chi connectivity index (χ3v) is 1.31. The van der Waals surface area contributed by atoms with Gasteiger partial charge in [0.05, 0.1) is 12.7 Å². The Morgan fingerprint density at radius 3 is 2.09 bits per heavy atom. The zero-order valence-corrected chi connectivity index (χ0v) is 5.92. The molecule has 0 fully saturated rings. The average Bonchev–Trinajstić information content (AvgIpc) is 2.02. The van der Waals surface area contributed by atoms with E-state index in [4.69, 9.17) is 20.4 Å². The van der Waals surface area contributed by atoms with Crippen molar-refractivity contribution < 1.29 is 25.2 Å². The summed E-state index contributed by atoms with van der Waals surface area (Å²) in [4.78, 5) is 9.82. The molecule has 0 aromatic carbocycles. The summed E-state index contributed by atoms with van der Waals surface area (Å²) in [6, 6.07) is 0. The lowest BCUT2D eigenvalue weighted by Crippen LogP contribution is -2.39. The average molecular weight is 164 g/mol. The van der Waals surface area contributed by atoms with Crippen LogP contribution in [0.5, 0.6) is 0 Å². The van der Waals surface area contributed by atoms with Crippen LogP contribution in [0.1, 0.15) is 6.42 Å². The molecular weight excluding hydrogens is 152 g/mol. The van der Waals surface area contributed by atoms with E-state index in [0.717, 1.165) is 0 Å². The fourth-order valence-electron chi connectivity index (χ4n) is 0.602. The van der Waals surface area contributed by atoms with Crippen LogP contribution in [0.2, 0.25) is 0 Å². The van der Waals surface area contributed by atoms with Gasteiger partial charge >= 0.3 is 0 Å². The van der Waals surface area contributed by atoms with Crippen LogP contribution >= 0.6 is 0 Å². The molecule has 0 bridgehead atoms. The Balaban J connectivity index is 3.79. The van der Waals surface area contributed by atoms with Crippen molar-refractivity contribution >= 4 is 6.29 Å². The lowest BCUT2D eigenvalue weighted by molar-refractivity contribution is -0.115. The van der Waals surface area contributed by atoms with Crippen molar-refractivity contribution in [1.82, 2.24) is 0 Å². The molecule has 0 rings (SSSR count). The molecule has 0 aliphatic heterocycles. The molecular formula is C6H12O5. The highest BCUT2D eigenvalue weighted by atomic mass is 16.4. The Morgan fingerprint density at radius 2 is 1.73 bits per heavy atom. The van der Waals surface area contributed by atoms with E-state index in [9.17, 15) is 4.79 Å². The number of aldehydes is 1. The highest BCUT2D eigenvalue weighted by Crippen LogP contribution is 2.01. The number of carbonyl (C=O) groups excluding carboxylic acids is 1. The number of hydrogen-bond donors (Lipinski definition) is 4. The second kappa shape index (κ2) is 5.20. The Kier molecular flexibility index (Phi) is 4.97. The van der Waals surface area contributed by atoms with E-state index in [0.29, 0.717) is 6.29 Å². The van der Waals surface area contributed by atoms with Crippen LogP contribution in [0.25, 0.3) is 0 Å². The summed E-state index contributed by atoms with van der Waals surface area (Å²) in [7, 11) is 0. The smallest absolute Gasteiger partial charge is 0.122 e. The molecule has 0 unspecified atom stereocenters. The molecule has 0 amide bonds. The number of aliphatic hydroxyl groups excluding tert-OH is 4. The van der Waals surface area contributed by atoms with Crippen molar-refractivity contribution in [3.8, 4) is 0 Å². The predicted octanol–water partition coefficient (Wildman–Crippen LogP) is -2.35. The van der Waals surface area contributed by atoms with Crippen LogP contribution in [-0.2, 0) is 4.79 Å². The molecule has 0 aromatic rings. The van der Waals surface area contributed by atoms with Gasteiger partial charge in [-0.05, 0) is 0 Å². The Hall–Kier alpha value is -0.490. The van der Waals surface area contributed by atoms with Crippen LogP contribution in [-0.4, -0.2) is 51.6 Å². The molecule has 3 atom stereocenters. The zero-order valence-electron chi connectivity index (χ0n) is 5.92. The van der Waals surface area contributed by atoms with Gasteiger partial charge in [0.1, 0.15) is 18.5 Å². The van der Waals surface area contributed by atoms with Crippen LogP contribution in [0.3, 0.4) is 0 Å². The molecule has 0 spiro atoms. The number of carbonyl (C=O) groups is 1. The Labute approximate surface area is 63.9 Å². The van der Waals surface area contributed by atoms with Crippen molar-refractivity contribution in [2.24, 2.45) is 0 Å². The standard InChI is InChI=1S/C6H12O5/c7-2-1-4(9)6(11)5(10)3-8/h2,4-6,8-11H,1,3H2/t4-,5+,6+/m0/s1. The monoisotopic (exact) mass is 164 g/mol. The highest BCUT2D eigenvalue weighted by molar-refractivity contribution is 5.50. The second-order valence-electron chi connectivity index (χ2n) is 2.21. The Bertz CT molecular complexity index is 116. The maximum atomic E-state index is 9.82. The van der Waals surface area contributed by atoms with Crippen LogP contribution in [0.15, 0.2) is 0 Å². The van der Waals surface area contributed by atoms with Gasteiger partial charge in [0.15, 0.2) is 0 Å². The maximum absolute atomic E-state index is 9.82. The van der Waals surface area contributed by atoms with E-state index >= 15 is 0 Å². The summed E-state index contributed by atoms with van der Waals surface area (Å²) < 4.78 is 0. The summed E-state index contributed by atoms with van der Waals surface area (Å²) in [5.74, 6) is 0. The molecule has 0 aliphatic rings. The van der Waals surface area contributed by atoms with Gasteiger partial charge in [0.25, 0.3) is 0 Å². The van der Waals surface area contributed by atoms with E-state index in [1.165, 1.54) is 0 Å².